The lowest BCUT2D eigenvalue weighted by molar-refractivity contribution is 0.0781. The number of nitrogens with two attached hydrogens (primary N) is 1. The minimum atomic E-state index is 0.0154. The molecule has 92 valence electrons. The third-order valence-electron chi connectivity index (χ3n) is 3.67. The lowest BCUT2D eigenvalue weighted by Gasteiger charge is -2.18. The predicted molar refractivity (Wildman–Crippen MR) is 61.6 cm³/mol. The molecule has 1 unspecified atom stereocenters. The number of nitrogens with zero attached hydrogens (tertiary/aromatic N) is 2. The molecule has 5 heteroatoms. The average molecular weight is 235 g/mol. The number of rotatable bonds is 1. The molecule has 2 N–H and O–H groups in total. The number of aromatic nitrogens is 1. The Morgan fingerprint density at radius 2 is 2.18 bits per heavy atom. The van der Waals surface area contributed by atoms with E-state index in [4.69, 9.17) is 10.3 Å². The summed E-state index contributed by atoms with van der Waals surface area (Å²) >= 11 is 0. The van der Waals surface area contributed by atoms with Crippen LogP contribution in [0, 0.1) is 0 Å². The first-order valence-electron chi connectivity index (χ1n) is 6.28. The van der Waals surface area contributed by atoms with Gasteiger partial charge in [-0.25, -0.2) is 0 Å². The summed E-state index contributed by atoms with van der Waals surface area (Å²) in [6, 6.07) is 0.132. The van der Waals surface area contributed by atoms with Crippen LogP contribution in [-0.4, -0.2) is 35.1 Å². The molecule has 0 spiro atoms. The van der Waals surface area contributed by atoms with Crippen molar-refractivity contribution in [2.45, 2.75) is 38.1 Å². The molecule has 1 atom stereocenters. The summed E-state index contributed by atoms with van der Waals surface area (Å²) in [4.78, 5) is 14.1. The molecule has 1 fully saturated rings. The van der Waals surface area contributed by atoms with E-state index in [2.05, 4.69) is 5.16 Å². The van der Waals surface area contributed by atoms with Crippen LogP contribution >= 0.6 is 0 Å². The first-order valence-corrected chi connectivity index (χ1v) is 6.28. The van der Waals surface area contributed by atoms with Gasteiger partial charge in [-0.1, -0.05) is 5.16 Å². The highest BCUT2D eigenvalue weighted by Crippen LogP contribution is 2.25. The predicted octanol–water partition coefficient (Wildman–Crippen LogP) is 0.727. The third-order valence-corrected chi connectivity index (χ3v) is 3.67. The largest absolute Gasteiger partial charge is 0.360 e. The standard InChI is InChI=1S/C12H17N3O2/c13-8-3-4-10-9(7-8)11(14-17-10)12(16)15-5-1-2-6-15/h8H,1-7,13H2. The maximum absolute atomic E-state index is 12.2. The van der Waals surface area contributed by atoms with Crippen LogP contribution < -0.4 is 5.73 Å². The van der Waals surface area contributed by atoms with E-state index in [1.54, 1.807) is 0 Å². The molecule has 1 aromatic heterocycles. The quantitative estimate of drug-likeness (QED) is 0.778. The van der Waals surface area contributed by atoms with Crippen LogP contribution in [0.1, 0.15) is 41.1 Å². The zero-order chi connectivity index (χ0) is 11.8. The van der Waals surface area contributed by atoms with E-state index in [1.165, 1.54) is 0 Å². The van der Waals surface area contributed by atoms with Crippen molar-refractivity contribution in [3.8, 4) is 0 Å². The minimum absolute atomic E-state index is 0.0154. The second-order valence-corrected chi connectivity index (χ2v) is 4.94. The molecule has 1 saturated heterocycles. The smallest absolute Gasteiger partial charge is 0.276 e. The van der Waals surface area contributed by atoms with Crippen LogP contribution in [0.4, 0.5) is 0 Å². The Kier molecular flexibility index (Phi) is 2.63. The van der Waals surface area contributed by atoms with Gasteiger partial charge in [0.25, 0.3) is 5.91 Å². The Labute approximate surface area is 99.9 Å². The van der Waals surface area contributed by atoms with Crippen molar-refractivity contribution in [3.05, 3.63) is 17.0 Å². The fourth-order valence-corrected chi connectivity index (χ4v) is 2.67. The van der Waals surface area contributed by atoms with Gasteiger partial charge in [-0.2, -0.15) is 0 Å². The van der Waals surface area contributed by atoms with Gasteiger partial charge >= 0.3 is 0 Å². The molecular formula is C12H17N3O2. The Balaban J connectivity index is 1.88. The fourth-order valence-electron chi connectivity index (χ4n) is 2.67. The molecule has 2 heterocycles. The van der Waals surface area contributed by atoms with Crippen molar-refractivity contribution < 1.29 is 9.32 Å². The summed E-state index contributed by atoms with van der Waals surface area (Å²) in [5.41, 5.74) is 7.38. The molecule has 3 rings (SSSR count). The van der Waals surface area contributed by atoms with Gasteiger partial charge in [0.05, 0.1) is 0 Å². The molecule has 0 saturated carbocycles. The first kappa shape index (κ1) is 10.8. The van der Waals surface area contributed by atoms with Crippen molar-refractivity contribution >= 4 is 5.91 Å². The van der Waals surface area contributed by atoms with E-state index in [9.17, 15) is 4.79 Å². The Morgan fingerprint density at radius 1 is 1.41 bits per heavy atom. The summed E-state index contributed by atoms with van der Waals surface area (Å²) in [5.74, 6) is 0.871. The number of carbonyl (C=O) groups is 1. The summed E-state index contributed by atoms with van der Waals surface area (Å²) in [6.07, 6.45) is 4.61. The minimum Gasteiger partial charge on any atom is -0.360 e. The van der Waals surface area contributed by atoms with Crippen molar-refractivity contribution in [1.29, 1.82) is 0 Å². The van der Waals surface area contributed by atoms with Gasteiger partial charge in [-0.3, -0.25) is 4.79 Å². The molecule has 1 aliphatic carbocycles. The average Bonchev–Trinajstić information content (AvgIpc) is 2.97. The summed E-state index contributed by atoms with van der Waals surface area (Å²) < 4.78 is 5.26. The molecule has 17 heavy (non-hydrogen) atoms. The number of aryl methyl sites for hydroxylation is 1. The molecule has 0 bridgehead atoms. The highest BCUT2D eigenvalue weighted by atomic mass is 16.5. The molecule has 1 aliphatic heterocycles. The van der Waals surface area contributed by atoms with E-state index in [1.807, 2.05) is 4.90 Å². The van der Waals surface area contributed by atoms with Crippen LogP contribution in [0.2, 0.25) is 0 Å². The van der Waals surface area contributed by atoms with Crippen LogP contribution in [0.3, 0.4) is 0 Å². The maximum Gasteiger partial charge on any atom is 0.276 e. The van der Waals surface area contributed by atoms with Crippen molar-refractivity contribution in [1.82, 2.24) is 10.1 Å². The molecule has 5 nitrogen and oxygen atoms in total. The van der Waals surface area contributed by atoms with Crippen molar-refractivity contribution in [3.63, 3.8) is 0 Å². The topological polar surface area (TPSA) is 72.4 Å². The van der Waals surface area contributed by atoms with Crippen molar-refractivity contribution in [2.24, 2.45) is 5.73 Å². The van der Waals surface area contributed by atoms with Gasteiger partial charge in [-0.05, 0) is 25.7 Å². The third kappa shape index (κ3) is 1.84. The fraction of sp³-hybridized carbons (Fsp3) is 0.667. The van der Waals surface area contributed by atoms with Crippen LogP contribution in [0.5, 0.6) is 0 Å². The Bertz CT molecular complexity index is 435. The molecule has 2 aliphatic rings. The lowest BCUT2D eigenvalue weighted by atomic mass is 9.92. The second-order valence-electron chi connectivity index (χ2n) is 4.94. The highest BCUT2D eigenvalue weighted by Gasteiger charge is 2.30. The monoisotopic (exact) mass is 235 g/mol. The van der Waals surface area contributed by atoms with Gasteiger partial charge in [-0.15, -0.1) is 0 Å². The van der Waals surface area contributed by atoms with E-state index >= 15 is 0 Å². The van der Waals surface area contributed by atoms with E-state index < -0.39 is 0 Å². The summed E-state index contributed by atoms with van der Waals surface area (Å²) in [5, 5.41) is 3.96. The summed E-state index contributed by atoms with van der Waals surface area (Å²) in [7, 11) is 0. The molecule has 0 aromatic carbocycles. The van der Waals surface area contributed by atoms with Gasteiger partial charge in [0.2, 0.25) is 0 Å². The summed E-state index contributed by atoms with van der Waals surface area (Å²) in [6.45, 7) is 1.68. The molecule has 1 amide bonds. The Hall–Kier alpha value is -1.36. The number of likely N-dealkylation sites (tertiary alicyclic amines) is 1. The van der Waals surface area contributed by atoms with Gasteiger partial charge in [0.15, 0.2) is 5.69 Å². The number of carbonyl (C=O) groups excluding carboxylic acids is 1. The first-order chi connectivity index (χ1) is 8.25. The van der Waals surface area contributed by atoms with E-state index in [0.29, 0.717) is 12.1 Å². The Morgan fingerprint density at radius 3 is 2.94 bits per heavy atom. The molecular weight excluding hydrogens is 218 g/mol. The molecule has 0 radical (unpaired) electrons. The second kappa shape index (κ2) is 4.14. The number of hydrogen-bond donors (Lipinski definition) is 1. The zero-order valence-electron chi connectivity index (χ0n) is 9.82. The maximum atomic E-state index is 12.2. The number of hydrogen-bond acceptors (Lipinski definition) is 4. The van der Waals surface area contributed by atoms with Gasteiger partial charge in [0.1, 0.15) is 5.76 Å². The van der Waals surface area contributed by atoms with E-state index in [0.717, 1.165) is 50.1 Å². The van der Waals surface area contributed by atoms with Gasteiger partial charge in [0, 0.05) is 31.1 Å². The number of fused-ring (bicyclic) bond motifs is 1. The normalized spacial score (nSPS) is 23.8. The SMILES string of the molecule is NC1CCc2onc(C(=O)N3CCCC3)c2C1. The van der Waals surface area contributed by atoms with Crippen LogP contribution in [0.15, 0.2) is 4.52 Å². The van der Waals surface area contributed by atoms with Gasteiger partial charge < -0.3 is 15.2 Å². The number of amides is 1. The highest BCUT2D eigenvalue weighted by molar-refractivity contribution is 5.94. The van der Waals surface area contributed by atoms with E-state index in [-0.39, 0.29) is 11.9 Å². The van der Waals surface area contributed by atoms with Crippen LogP contribution in [0.25, 0.3) is 0 Å². The lowest BCUT2D eigenvalue weighted by Crippen LogP contribution is -2.32. The van der Waals surface area contributed by atoms with Crippen molar-refractivity contribution in [2.75, 3.05) is 13.1 Å². The van der Waals surface area contributed by atoms with Crippen LogP contribution in [-0.2, 0) is 12.8 Å². The zero-order valence-corrected chi connectivity index (χ0v) is 9.82. The molecule has 1 aromatic rings.